The monoisotopic (exact) mass is 286 g/mol. The van der Waals surface area contributed by atoms with Crippen LogP contribution in [-0.4, -0.2) is 31.1 Å². The maximum absolute atomic E-state index is 12.1. The van der Waals surface area contributed by atoms with E-state index in [4.69, 9.17) is 0 Å². The minimum atomic E-state index is -0.256. The number of benzene rings is 1. The molecule has 2 heterocycles. The van der Waals surface area contributed by atoms with Crippen LogP contribution >= 0.6 is 0 Å². The van der Waals surface area contributed by atoms with Gasteiger partial charge in [-0.3, -0.25) is 9.59 Å². The van der Waals surface area contributed by atoms with Gasteiger partial charge in [0.2, 0.25) is 5.91 Å². The fraction of sp³-hybridized carbons (Fsp3) is 0.400. The van der Waals surface area contributed by atoms with Crippen molar-refractivity contribution in [2.75, 3.05) is 23.8 Å². The van der Waals surface area contributed by atoms with Crippen LogP contribution in [0.15, 0.2) is 23.3 Å². The van der Waals surface area contributed by atoms with E-state index in [-0.39, 0.29) is 11.8 Å². The first-order valence-electron chi connectivity index (χ1n) is 7.14. The van der Waals surface area contributed by atoms with Crippen LogP contribution in [0.5, 0.6) is 0 Å². The Kier molecular flexibility index (Phi) is 3.60. The van der Waals surface area contributed by atoms with Gasteiger partial charge in [-0.05, 0) is 30.5 Å². The quantitative estimate of drug-likeness (QED) is 0.860. The van der Waals surface area contributed by atoms with Crippen molar-refractivity contribution >= 4 is 28.9 Å². The molecule has 6 heteroatoms. The van der Waals surface area contributed by atoms with E-state index in [1.54, 1.807) is 0 Å². The van der Waals surface area contributed by atoms with Crippen molar-refractivity contribution in [3.63, 3.8) is 0 Å². The number of rotatable bonds is 2. The third kappa shape index (κ3) is 2.89. The number of hydrazone groups is 1. The first-order chi connectivity index (χ1) is 10.1. The summed E-state index contributed by atoms with van der Waals surface area (Å²) in [5.74, 6) is -0.407. The molecule has 2 aliphatic heterocycles. The summed E-state index contributed by atoms with van der Waals surface area (Å²) in [7, 11) is 2.06. The van der Waals surface area contributed by atoms with Crippen LogP contribution in [0.3, 0.4) is 0 Å². The van der Waals surface area contributed by atoms with E-state index in [1.165, 1.54) is 5.56 Å². The van der Waals surface area contributed by atoms with Gasteiger partial charge in [0.15, 0.2) is 0 Å². The van der Waals surface area contributed by atoms with Gasteiger partial charge in [-0.2, -0.15) is 5.10 Å². The zero-order valence-electron chi connectivity index (χ0n) is 12.0. The molecule has 110 valence electrons. The molecular weight excluding hydrogens is 268 g/mol. The highest BCUT2D eigenvalue weighted by atomic mass is 16.2. The first-order valence-corrected chi connectivity index (χ1v) is 7.14. The summed E-state index contributed by atoms with van der Waals surface area (Å²) in [6.07, 6.45) is 2.92. The van der Waals surface area contributed by atoms with Gasteiger partial charge in [-0.1, -0.05) is 6.07 Å². The third-order valence-electron chi connectivity index (χ3n) is 3.86. The molecule has 0 atom stereocenters. The summed E-state index contributed by atoms with van der Waals surface area (Å²) in [4.78, 5) is 25.3. The highest BCUT2D eigenvalue weighted by Gasteiger charge is 2.19. The summed E-state index contributed by atoms with van der Waals surface area (Å²) in [5, 5.41) is 6.65. The Morgan fingerprint density at radius 3 is 2.95 bits per heavy atom. The SMILES string of the molecule is CN1CCCc2ccc(NC(=O)C3=NNC(=O)CC3)cc21. The smallest absolute Gasteiger partial charge is 0.271 e. The second kappa shape index (κ2) is 5.55. The van der Waals surface area contributed by atoms with Gasteiger partial charge in [-0.25, -0.2) is 5.43 Å². The molecule has 2 aliphatic rings. The molecule has 0 unspecified atom stereocenters. The first kappa shape index (κ1) is 13.6. The zero-order valence-corrected chi connectivity index (χ0v) is 12.0. The number of nitrogens with zero attached hydrogens (tertiary/aromatic N) is 2. The van der Waals surface area contributed by atoms with Crippen molar-refractivity contribution < 1.29 is 9.59 Å². The van der Waals surface area contributed by atoms with Crippen LogP contribution in [0.2, 0.25) is 0 Å². The number of hydrogen-bond acceptors (Lipinski definition) is 4. The van der Waals surface area contributed by atoms with Gasteiger partial charge in [0, 0.05) is 37.8 Å². The predicted molar refractivity (Wildman–Crippen MR) is 81.5 cm³/mol. The lowest BCUT2D eigenvalue weighted by Crippen LogP contribution is -2.33. The Bertz CT molecular complexity index is 624. The van der Waals surface area contributed by atoms with Crippen LogP contribution < -0.4 is 15.6 Å². The summed E-state index contributed by atoms with van der Waals surface area (Å²) >= 11 is 0. The molecule has 0 spiro atoms. The summed E-state index contributed by atoms with van der Waals surface area (Å²) in [6.45, 7) is 1.03. The molecule has 2 amide bonds. The van der Waals surface area contributed by atoms with Crippen molar-refractivity contribution in [2.24, 2.45) is 5.10 Å². The van der Waals surface area contributed by atoms with Crippen LogP contribution in [0.1, 0.15) is 24.8 Å². The van der Waals surface area contributed by atoms with E-state index in [2.05, 4.69) is 33.9 Å². The molecule has 0 saturated heterocycles. The van der Waals surface area contributed by atoms with Gasteiger partial charge in [0.25, 0.3) is 5.91 Å². The number of anilines is 2. The van der Waals surface area contributed by atoms with Gasteiger partial charge in [-0.15, -0.1) is 0 Å². The van der Waals surface area contributed by atoms with Crippen molar-refractivity contribution in [2.45, 2.75) is 25.7 Å². The molecule has 0 saturated carbocycles. The molecule has 2 N–H and O–H groups in total. The number of hydrogen-bond donors (Lipinski definition) is 2. The fourth-order valence-corrected chi connectivity index (χ4v) is 2.68. The second-order valence-corrected chi connectivity index (χ2v) is 5.42. The van der Waals surface area contributed by atoms with Crippen LogP contribution in [0, 0.1) is 0 Å². The van der Waals surface area contributed by atoms with Gasteiger partial charge >= 0.3 is 0 Å². The summed E-state index contributed by atoms with van der Waals surface area (Å²) in [5.41, 5.74) is 5.93. The lowest BCUT2D eigenvalue weighted by molar-refractivity contribution is -0.121. The Labute approximate surface area is 123 Å². The average molecular weight is 286 g/mol. The minimum absolute atomic E-state index is 0.151. The molecule has 1 aromatic carbocycles. The van der Waals surface area contributed by atoms with E-state index in [0.717, 1.165) is 30.8 Å². The van der Waals surface area contributed by atoms with E-state index in [0.29, 0.717) is 18.6 Å². The predicted octanol–water partition coefficient (Wildman–Crippen LogP) is 1.27. The number of carbonyl (C=O) groups is 2. The molecular formula is C15H18N4O2. The lowest BCUT2D eigenvalue weighted by atomic mass is 10.0. The molecule has 0 aromatic heterocycles. The van der Waals surface area contributed by atoms with E-state index in [9.17, 15) is 9.59 Å². The third-order valence-corrected chi connectivity index (χ3v) is 3.86. The number of nitrogens with one attached hydrogen (secondary N) is 2. The van der Waals surface area contributed by atoms with Crippen LogP contribution in [0.4, 0.5) is 11.4 Å². The number of amides is 2. The van der Waals surface area contributed by atoms with Crippen molar-refractivity contribution in [1.29, 1.82) is 0 Å². The van der Waals surface area contributed by atoms with Crippen molar-refractivity contribution in [1.82, 2.24) is 5.43 Å². The van der Waals surface area contributed by atoms with Gasteiger partial charge < -0.3 is 10.2 Å². The highest BCUT2D eigenvalue weighted by molar-refractivity contribution is 6.43. The maximum atomic E-state index is 12.1. The Hall–Kier alpha value is -2.37. The molecule has 1 aromatic rings. The number of carbonyl (C=O) groups excluding carboxylic acids is 2. The van der Waals surface area contributed by atoms with Crippen molar-refractivity contribution in [3.05, 3.63) is 23.8 Å². The molecule has 0 radical (unpaired) electrons. The van der Waals surface area contributed by atoms with Crippen LogP contribution in [0.25, 0.3) is 0 Å². The Balaban J connectivity index is 1.75. The molecule has 3 rings (SSSR count). The average Bonchev–Trinajstić information content (AvgIpc) is 2.49. The molecule has 21 heavy (non-hydrogen) atoms. The highest BCUT2D eigenvalue weighted by Crippen LogP contribution is 2.28. The van der Waals surface area contributed by atoms with Crippen molar-refractivity contribution in [3.8, 4) is 0 Å². The fourth-order valence-electron chi connectivity index (χ4n) is 2.68. The molecule has 6 nitrogen and oxygen atoms in total. The van der Waals surface area contributed by atoms with E-state index >= 15 is 0 Å². The Morgan fingerprint density at radius 1 is 1.33 bits per heavy atom. The van der Waals surface area contributed by atoms with Gasteiger partial charge in [0.1, 0.15) is 5.71 Å². The molecule has 0 aliphatic carbocycles. The summed E-state index contributed by atoms with van der Waals surface area (Å²) in [6, 6.07) is 5.97. The summed E-state index contributed by atoms with van der Waals surface area (Å²) < 4.78 is 0. The van der Waals surface area contributed by atoms with Gasteiger partial charge in [0.05, 0.1) is 0 Å². The van der Waals surface area contributed by atoms with E-state index < -0.39 is 0 Å². The molecule has 0 bridgehead atoms. The second-order valence-electron chi connectivity index (χ2n) is 5.42. The Morgan fingerprint density at radius 2 is 2.19 bits per heavy atom. The number of fused-ring (bicyclic) bond motifs is 1. The molecule has 0 fully saturated rings. The van der Waals surface area contributed by atoms with Crippen LogP contribution in [-0.2, 0) is 16.0 Å². The number of aryl methyl sites for hydroxylation is 1. The van der Waals surface area contributed by atoms with E-state index in [1.807, 2.05) is 12.1 Å². The zero-order chi connectivity index (χ0) is 14.8. The maximum Gasteiger partial charge on any atom is 0.271 e. The standard InChI is InChI=1S/C15H18N4O2/c1-19-8-2-3-10-4-5-11(9-13(10)19)16-15(21)12-6-7-14(20)18-17-12/h4-5,9H,2-3,6-8H2,1H3,(H,16,21)(H,18,20). The lowest BCUT2D eigenvalue weighted by Gasteiger charge is -2.28. The topological polar surface area (TPSA) is 73.8 Å². The largest absolute Gasteiger partial charge is 0.374 e. The minimum Gasteiger partial charge on any atom is -0.374 e. The normalized spacial score (nSPS) is 17.7.